The van der Waals surface area contributed by atoms with Crippen molar-refractivity contribution in [2.75, 3.05) is 13.1 Å². The number of sulfonamides is 1. The largest absolute Gasteiger partial charge is 0.352 e. The number of carbonyl (C=O) groups excluding carboxylic acids is 1. The van der Waals surface area contributed by atoms with Crippen LogP contribution in [0.2, 0.25) is 0 Å². The summed E-state index contributed by atoms with van der Waals surface area (Å²) < 4.78 is 39.8. The Morgan fingerprint density at radius 3 is 2.65 bits per heavy atom. The van der Waals surface area contributed by atoms with Gasteiger partial charge in [0, 0.05) is 26.1 Å². The first kappa shape index (κ1) is 18.5. The quantitative estimate of drug-likeness (QED) is 0.843. The third kappa shape index (κ3) is 4.47. The Kier molecular flexibility index (Phi) is 5.68. The Morgan fingerprint density at radius 2 is 1.92 bits per heavy atom. The van der Waals surface area contributed by atoms with Crippen molar-refractivity contribution in [3.63, 3.8) is 0 Å². The first-order valence-electron chi connectivity index (χ1n) is 8.51. The highest BCUT2D eigenvalue weighted by Gasteiger charge is 2.33. The molecule has 2 aromatic rings. The fourth-order valence-corrected chi connectivity index (χ4v) is 4.65. The van der Waals surface area contributed by atoms with Crippen LogP contribution in [0, 0.1) is 11.7 Å². The number of hydrogen-bond donors (Lipinski definition) is 1. The highest BCUT2D eigenvalue weighted by atomic mass is 32.2. The van der Waals surface area contributed by atoms with Crippen molar-refractivity contribution < 1.29 is 17.6 Å². The summed E-state index contributed by atoms with van der Waals surface area (Å²) in [7, 11) is -3.72. The molecule has 138 valence electrons. The fraction of sp³-hybridized carbons (Fsp3) is 0.316. The van der Waals surface area contributed by atoms with Crippen molar-refractivity contribution in [1.29, 1.82) is 0 Å². The lowest BCUT2D eigenvalue weighted by Crippen LogP contribution is -2.30. The molecule has 0 bridgehead atoms. The maximum Gasteiger partial charge on any atom is 0.243 e. The monoisotopic (exact) mass is 376 g/mol. The van der Waals surface area contributed by atoms with Gasteiger partial charge in [0.1, 0.15) is 5.82 Å². The van der Waals surface area contributed by atoms with Crippen molar-refractivity contribution in [1.82, 2.24) is 9.62 Å². The van der Waals surface area contributed by atoms with Gasteiger partial charge in [-0.25, -0.2) is 12.8 Å². The predicted molar refractivity (Wildman–Crippen MR) is 96.2 cm³/mol. The van der Waals surface area contributed by atoms with Crippen LogP contribution in [0.4, 0.5) is 4.39 Å². The molecule has 1 saturated heterocycles. The molecule has 1 heterocycles. The summed E-state index contributed by atoms with van der Waals surface area (Å²) >= 11 is 0. The molecular formula is C19H21FN2O3S. The van der Waals surface area contributed by atoms with E-state index in [1.165, 1.54) is 22.5 Å². The zero-order chi connectivity index (χ0) is 18.6. The second-order valence-electron chi connectivity index (χ2n) is 6.44. The number of amides is 1. The van der Waals surface area contributed by atoms with Crippen LogP contribution in [0.25, 0.3) is 0 Å². The van der Waals surface area contributed by atoms with Gasteiger partial charge in [-0.3, -0.25) is 4.79 Å². The van der Waals surface area contributed by atoms with Crippen LogP contribution < -0.4 is 5.32 Å². The minimum absolute atomic E-state index is 0.0332. The standard InChI is InChI=1S/C19H21FN2O3S/c20-17-7-4-8-18(12-17)26(24,25)22-10-9-16(14-22)11-19(23)21-13-15-5-2-1-3-6-15/h1-8,12,16H,9-11,13-14H2,(H,21,23). The van der Waals surface area contributed by atoms with E-state index in [-0.39, 0.29) is 29.7 Å². The van der Waals surface area contributed by atoms with Crippen molar-refractivity contribution in [3.8, 4) is 0 Å². The Bertz CT molecular complexity index is 871. The van der Waals surface area contributed by atoms with Crippen LogP contribution in [0.3, 0.4) is 0 Å². The molecule has 1 aliphatic heterocycles. The summed E-state index contributed by atoms with van der Waals surface area (Å²) in [4.78, 5) is 12.1. The van der Waals surface area contributed by atoms with Gasteiger partial charge in [0.15, 0.2) is 0 Å². The van der Waals surface area contributed by atoms with Crippen LogP contribution in [-0.2, 0) is 21.4 Å². The summed E-state index contributed by atoms with van der Waals surface area (Å²) in [6.07, 6.45) is 0.898. The Morgan fingerprint density at radius 1 is 1.15 bits per heavy atom. The molecule has 1 fully saturated rings. The van der Waals surface area contributed by atoms with Gasteiger partial charge in [-0.1, -0.05) is 36.4 Å². The maximum absolute atomic E-state index is 13.3. The highest BCUT2D eigenvalue weighted by Crippen LogP contribution is 2.26. The van der Waals surface area contributed by atoms with Crippen LogP contribution in [0.1, 0.15) is 18.4 Å². The van der Waals surface area contributed by atoms with Crippen molar-refractivity contribution in [3.05, 3.63) is 66.0 Å². The number of rotatable bonds is 6. The van der Waals surface area contributed by atoms with Crippen LogP contribution in [-0.4, -0.2) is 31.7 Å². The lowest BCUT2D eigenvalue weighted by molar-refractivity contribution is -0.122. The zero-order valence-corrected chi connectivity index (χ0v) is 15.1. The minimum atomic E-state index is -3.72. The van der Waals surface area contributed by atoms with Crippen LogP contribution in [0.5, 0.6) is 0 Å². The molecule has 1 atom stereocenters. The first-order chi connectivity index (χ1) is 12.4. The van der Waals surface area contributed by atoms with E-state index >= 15 is 0 Å². The van der Waals surface area contributed by atoms with Gasteiger partial charge in [0.2, 0.25) is 15.9 Å². The smallest absolute Gasteiger partial charge is 0.243 e. The number of halogens is 1. The Balaban J connectivity index is 1.54. The number of benzene rings is 2. The molecule has 0 aliphatic carbocycles. The van der Waals surface area contributed by atoms with Crippen molar-refractivity contribution in [2.45, 2.75) is 24.3 Å². The zero-order valence-electron chi connectivity index (χ0n) is 14.3. The van der Waals surface area contributed by atoms with Crippen LogP contribution >= 0.6 is 0 Å². The van der Waals surface area contributed by atoms with Crippen LogP contribution in [0.15, 0.2) is 59.5 Å². The lowest BCUT2D eigenvalue weighted by Gasteiger charge is -2.16. The summed E-state index contributed by atoms with van der Waals surface area (Å²) in [5.74, 6) is -0.708. The molecule has 3 rings (SSSR count). The third-order valence-electron chi connectivity index (χ3n) is 4.49. The van der Waals surface area contributed by atoms with Crippen molar-refractivity contribution >= 4 is 15.9 Å². The Hall–Kier alpha value is -2.25. The van der Waals surface area contributed by atoms with Gasteiger partial charge < -0.3 is 5.32 Å². The number of carbonyl (C=O) groups is 1. The molecule has 0 aromatic heterocycles. The summed E-state index contributed by atoms with van der Waals surface area (Å²) in [5, 5.41) is 2.86. The second-order valence-corrected chi connectivity index (χ2v) is 8.38. The molecule has 2 aromatic carbocycles. The molecule has 7 heteroatoms. The third-order valence-corrected chi connectivity index (χ3v) is 6.35. The normalized spacial score (nSPS) is 18.0. The molecular weight excluding hydrogens is 355 g/mol. The van der Waals surface area contributed by atoms with E-state index in [0.717, 1.165) is 11.6 Å². The van der Waals surface area contributed by atoms with E-state index in [1.807, 2.05) is 30.3 Å². The van der Waals surface area contributed by atoms with E-state index < -0.39 is 15.8 Å². The molecule has 0 radical (unpaired) electrons. The molecule has 1 N–H and O–H groups in total. The van der Waals surface area contributed by atoms with Gasteiger partial charge in [-0.2, -0.15) is 4.31 Å². The molecule has 1 aliphatic rings. The van der Waals surface area contributed by atoms with Crippen molar-refractivity contribution in [2.24, 2.45) is 5.92 Å². The fourth-order valence-electron chi connectivity index (χ4n) is 3.09. The predicted octanol–water partition coefficient (Wildman–Crippen LogP) is 2.54. The second kappa shape index (κ2) is 7.97. The molecule has 1 unspecified atom stereocenters. The van der Waals surface area contributed by atoms with Gasteiger partial charge in [-0.15, -0.1) is 0 Å². The van der Waals surface area contributed by atoms with E-state index in [0.29, 0.717) is 19.5 Å². The summed E-state index contributed by atoms with van der Waals surface area (Å²) in [5.41, 5.74) is 1.02. The van der Waals surface area contributed by atoms with E-state index in [4.69, 9.17) is 0 Å². The van der Waals surface area contributed by atoms with Gasteiger partial charge >= 0.3 is 0 Å². The van der Waals surface area contributed by atoms with Gasteiger partial charge in [0.05, 0.1) is 4.90 Å². The van der Waals surface area contributed by atoms with Gasteiger partial charge in [0.25, 0.3) is 0 Å². The molecule has 0 saturated carbocycles. The van der Waals surface area contributed by atoms with E-state index in [1.54, 1.807) is 0 Å². The molecule has 0 spiro atoms. The summed E-state index contributed by atoms with van der Waals surface area (Å²) in [6, 6.07) is 14.6. The highest BCUT2D eigenvalue weighted by molar-refractivity contribution is 7.89. The SMILES string of the molecule is O=C(CC1CCN(S(=O)(=O)c2cccc(F)c2)C1)NCc1ccccc1. The molecule has 26 heavy (non-hydrogen) atoms. The number of hydrogen-bond acceptors (Lipinski definition) is 3. The van der Waals surface area contributed by atoms with Gasteiger partial charge in [-0.05, 0) is 36.1 Å². The maximum atomic E-state index is 13.3. The first-order valence-corrected chi connectivity index (χ1v) is 9.95. The molecule has 5 nitrogen and oxygen atoms in total. The number of nitrogens with one attached hydrogen (secondary N) is 1. The minimum Gasteiger partial charge on any atom is -0.352 e. The topological polar surface area (TPSA) is 66.5 Å². The average Bonchev–Trinajstić information content (AvgIpc) is 3.10. The summed E-state index contributed by atoms with van der Waals surface area (Å²) in [6.45, 7) is 1.07. The average molecular weight is 376 g/mol. The molecule has 1 amide bonds. The Labute approximate surface area is 152 Å². The number of nitrogens with zero attached hydrogens (tertiary/aromatic N) is 1. The van der Waals surface area contributed by atoms with E-state index in [2.05, 4.69) is 5.32 Å². The van der Waals surface area contributed by atoms with E-state index in [9.17, 15) is 17.6 Å². The lowest BCUT2D eigenvalue weighted by atomic mass is 10.0.